The standard InChI is InChI=1S/C20H25FN4O2/c21-17-3-1-15(2-4-17)13-24-10-6-18(7-11-24)25-19(5-9-22-25)23-20(26)16-8-12-27-14-16/h1-5,9,16,18H,6-8,10-14H2,(H,23,26). The molecule has 7 heteroatoms. The van der Waals surface area contributed by atoms with E-state index in [2.05, 4.69) is 15.3 Å². The summed E-state index contributed by atoms with van der Waals surface area (Å²) in [6.07, 6.45) is 4.46. The highest BCUT2D eigenvalue weighted by Crippen LogP contribution is 2.27. The van der Waals surface area contributed by atoms with Gasteiger partial charge in [-0.15, -0.1) is 0 Å². The fourth-order valence-electron chi connectivity index (χ4n) is 3.84. The lowest BCUT2D eigenvalue weighted by molar-refractivity contribution is -0.119. The van der Waals surface area contributed by atoms with Crippen molar-refractivity contribution in [3.8, 4) is 0 Å². The second-order valence-corrected chi connectivity index (χ2v) is 7.34. The van der Waals surface area contributed by atoms with E-state index >= 15 is 0 Å². The molecule has 3 heterocycles. The molecular weight excluding hydrogens is 347 g/mol. The van der Waals surface area contributed by atoms with Crippen LogP contribution in [-0.4, -0.2) is 46.9 Å². The maximum atomic E-state index is 13.0. The number of hydrogen-bond donors (Lipinski definition) is 1. The predicted molar refractivity (Wildman–Crippen MR) is 99.7 cm³/mol. The van der Waals surface area contributed by atoms with E-state index in [0.717, 1.165) is 50.3 Å². The summed E-state index contributed by atoms with van der Waals surface area (Å²) in [5.41, 5.74) is 1.13. The van der Waals surface area contributed by atoms with Crippen LogP contribution in [0.4, 0.5) is 10.2 Å². The lowest BCUT2D eigenvalue weighted by Crippen LogP contribution is -2.35. The van der Waals surface area contributed by atoms with E-state index in [0.29, 0.717) is 13.2 Å². The maximum absolute atomic E-state index is 13.0. The van der Waals surface area contributed by atoms with Crippen molar-refractivity contribution in [3.63, 3.8) is 0 Å². The summed E-state index contributed by atoms with van der Waals surface area (Å²) >= 11 is 0. The van der Waals surface area contributed by atoms with Crippen LogP contribution >= 0.6 is 0 Å². The summed E-state index contributed by atoms with van der Waals surface area (Å²) in [5.74, 6) is 0.521. The molecule has 2 aliphatic rings. The number of piperidine rings is 1. The van der Waals surface area contributed by atoms with Crippen LogP contribution in [0, 0.1) is 11.7 Å². The van der Waals surface area contributed by atoms with Crippen LogP contribution in [0.25, 0.3) is 0 Å². The number of rotatable bonds is 5. The van der Waals surface area contributed by atoms with Crippen LogP contribution < -0.4 is 5.32 Å². The molecular formula is C20H25FN4O2. The van der Waals surface area contributed by atoms with Crippen molar-refractivity contribution in [1.29, 1.82) is 0 Å². The van der Waals surface area contributed by atoms with Gasteiger partial charge in [-0.05, 0) is 37.0 Å². The Morgan fingerprint density at radius 3 is 2.67 bits per heavy atom. The third-order valence-corrected chi connectivity index (χ3v) is 5.44. The van der Waals surface area contributed by atoms with Crippen LogP contribution in [0.2, 0.25) is 0 Å². The van der Waals surface area contributed by atoms with Gasteiger partial charge in [-0.1, -0.05) is 12.1 Å². The Morgan fingerprint density at radius 1 is 1.19 bits per heavy atom. The van der Waals surface area contributed by atoms with E-state index in [4.69, 9.17) is 4.74 Å². The van der Waals surface area contributed by atoms with Crippen molar-refractivity contribution in [1.82, 2.24) is 14.7 Å². The number of carbonyl (C=O) groups excluding carboxylic acids is 1. The highest BCUT2D eigenvalue weighted by molar-refractivity contribution is 5.92. The first kappa shape index (κ1) is 18.1. The van der Waals surface area contributed by atoms with E-state index in [1.54, 1.807) is 6.20 Å². The van der Waals surface area contributed by atoms with Crippen molar-refractivity contribution in [2.45, 2.75) is 31.8 Å². The van der Waals surface area contributed by atoms with Gasteiger partial charge in [0.2, 0.25) is 5.91 Å². The summed E-state index contributed by atoms with van der Waals surface area (Å²) in [7, 11) is 0. The number of anilines is 1. The summed E-state index contributed by atoms with van der Waals surface area (Å²) in [6.45, 7) is 3.89. The molecule has 1 aromatic carbocycles. The molecule has 6 nitrogen and oxygen atoms in total. The topological polar surface area (TPSA) is 59.4 Å². The average molecular weight is 372 g/mol. The second-order valence-electron chi connectivity index (χ2n) is 7.34. The largest absolute Gasteiger partial charge is 0.381 e. The molecule has 27 heavy (non-hydrogen) atoms. The third kappa shape index (κ3) is 4.36. The highest BCUT2D eigenvalue weighted by atomic mass is 19.1. The second kappa shape index (κ2) is 8.19. The van der Waals surface area contributed by atoms with Gasteiger partial charge < -0.3 is 10.1 Å². The van der Waals surface area contributed by atoms with Crippen LogP contribution in [0.15, 0.2) is 36.5 Å². The molecule has 0 bridgehead atoms. The minimum atomic E-state index is -0.199. The van der Waals surface area contributed by atoms with E-state index in [1.165, 1.54) is 12.1 Å². The molecule has 0 saturated carbocycles. The summed E-state index contributed by atoms with van der Waals surface area (Å²) in [5, 5.41) is 7.47. The normalized spacial score (nSPS) is 21.4. The number of halogens is 1. The summed E-state index contributed by atoms with van der Waals surface area (Å²) < 4.78 is 20.3. The Hall–Kier alpha value is -2.25. The zero-order valence-electron chi connectivity index (χ0n) is 15.3. The number of benzene rings is 1. The monoisotopic (exact) mass is 372 g/mol. The summed E-state index contributed by atoms with van der Waals surface area (Å²) in [4.78, 5) is 14.7. The Morgan fingerprint density at radius 2 is 1.96 bits per heavy atom. The molecule has 0 spiro atoms. The van der Waals surface area contributed by atoms with Crippen LogP contribution in [-0.2, 0) is 16.1 Å². The molecule has 1 aromatic heterocycles. The molecule has 0 aliphatic carbocycles. The van der Waals surface area contributed by atoms with E-state index in [1.807, 2.05) is 22.9 Å². The van der Waals surface area contributed by atoms with Crippen LogP contribution in [0.1, 0.15) is 30.9 Å². The van der Waals surface area contributed by atoms with Gasteiger partial charge in [-0.3, -0.25) is 9.69 Å². The van der Waals surface area contributed by atoms with Gasteiger partial charge in [-0.2, -0.15) is 5.10 Å². The molecule has 1 N–H and O–H groups in total. The Kier molecular flexibility index (Phi) is 5.50. The van der Waals surface area contributed by atoms with Gasteiger partial charge in [-0.25, -0.2) is 9.07 Å². The van der Waals surface area contributed by atoms with Crippen molar-refractivity contribution in [3.05, 3.63) is 47.9 Å². The number of hydrogen-bond acceptors (Lipinski definition) is 4. The van der Waals surface area contributed by atoms with Gasteiger partial charge in [0, 0.05) is 32.3 Å². The Bertz CT molecular complexity index is 763. The number of aromatic nitrogens is 2. The minimum absolute atomic E-state index is 0.0167. The zero-order chi connectivity index (χ0) is 18.6. The van der Waals surface area contributed by atoms with Crippen molar-refractivity contribution in [2.75, 3.05) is 31.6 Å². The van der Waals surface area contributed by atoms with Gasteiger partial charge >= 0.3 is 0 Å². The lowest BCUT2D eigenvalue weighted by atomic mass is 10.0. The Balaban J connectivity index is 1.32. The predicted octanol–water partition coefficient (Wildman–Crippen LogP) is 2.83. The van der Waals surface area contributed by atoms with Crippen molar-refractivity contribution < 1.29 is 13.9 Å². The highest BCUT2D eigenvalue weighted by Gasteiger charge is 2.26. The lowest BCUT2D eigenvalue weighted by Gasteiger charge is -2.32. The minimum Gasteiger partial charge on any atom is -0.381 e. The third-order valence-electron chi connectivity index (χ3n) is 5.44. The molecule has 1 unspecified atom stereocenters. The molecule has 1 amide bonds. The molecule has 4 rings (SSSR count). The van der Waals surface area contributed by atoms with Crippen molar-refractivity contribution in [2.24, 2.45) is 5.92 Å². The van der Waals surface area contributed by atoms with Gasteiger partial charge in [0.25, 0.3) is 0 Å². The quantitative estimate of drug-likeness (QED) is 0.877. The van der Waals surface area contributed by atoms with Crippen LogP contribution in [0.3, 0.4) is 0 Å². The first-order chi connectivity index (χ1) is 13.2. The number of amides is 1. The molecule has 1 atom stereocenters. The van der Waals surface area contributed by atoms with Gasteiger partial charge in [0.15, 0.2) is 0 Å². The molecule has 144 valence electrons. The first-order valence-corrected chi connectivity index (χ1v) is 9.58. The van der Waals surface area contributed by atoms with E-state index in [9.17, 15) is 9.18 Å². The number of likely N-dealkylation sites (tertiary alicyclic amines) is 1. The molecule has 2 aliphatic heterocycles. The SMILES string of the molecule is O=C(Nc1ccnn1C1CCN(Cc2ccc(F)cc2)CC1)C1CCOC1. The fraction of sp³-hybridized carbons (Fsp3) is 0.500. The number of carbonyl (C=O) groups is 1. The molecule has 2 aromatic rings. The Labute approximate surface area is 158 Å². The van der Waals surface area contributed by atoms with Gasteiger partial charge in [0.05, 0.1) is 24.8 Å². The van der Waals surface area contributed by atoms with E-state index < -0.39 is 0 Å². The smallest absolute Gasteiger partial charge is 0.231 e. The van der Waals surface area contributed by atoms with Crippen LogP contribution in [0.5, 0.6) is 0 Å². The average Bonchev–Trinajstić information content (AvgIpc) is 3.36. The molecule has 2 fully saturated rings. The number of nitrogens with zero attached hydrogens (tertiary/aromatic N) is 3. The van der Waals surface area contributed by atoms with Gasteiger partial charge in [0.1, 0.15) is 11.6 Å². The maximum Gasteiger partial charge on any atom is 0.231 e. The van der Waals surface area contributed by atoms with E-state index in [-0.39, 0.29) is 23.7 Å². The van der Waals surface area contributed by atoms with Crippen molar-refractivity contribution >= 4 is 11.7 Å². The number of nitrogens with one attached hydrogen (secondary N) is 1. The number of ether oxygens (including phenoxy) is 1. The first-order valence-electron chi connectivity index (χ1n) is 9.58. The fourth-order valence-corrected chi connectivity index (χ4v) is 3.84. The molecule has 0 radical (unpaired) electrons. The molecule has 2 saturated heterocycles. The summed E-state index contributed by atoms with van der Waals surface area (Å²) in [6, 6.07) is 8.84. The zero-order valence-corrected chi connectivity index (χ0v) is 15.3.